The van der Waals surface area contributed by atoms with Crippen LogP contribution in [-0.4, -0.2) is 24.9 Å². The number of aliphatic hydroxyl groups excluding tert-OH is 1. The summed E-state index contributed by atoms with van der Waals surface area (Å²) in [6.07, 6.45) is 1.00. The lowest BCUT2D eigenvalue weighted by molar-refractivity contribution is -0.0485. The molecule has 100 valence electrons. The maximum absolute atomic E-state index is 9.74. The topological polar surface area (TPSA) is 29.5 Å². The van der Waals surface area contributed by atoms with E-state index in [1.54, 1.807) is 0 Å². The molecule has 18 heavy (non-hydrogen) atoms. The number of rotatable bonds is 5. The van der Waals surface area contributed by atoms with Gasteiger partial charge in [0.25, 0.3) is 0 Å². The highest BCUT2D eigenvalue weighted by Crippen LogP contribution is 2.34. The molecule has 1 aromatic carbocycles. The van der Waals surface area contributed by atoms with Crippen molar-refractivity contribution < 1.29 is 9.84 Å². The van der Waals surface area contributed by atoms with Crippen LogP contribution in [0.4, 0.5) is 0 Å². The molecule has 1 N–H and O–H groups in total. The summed E-state index contributed by atoms with van der Waals surface area (Å²) in [5.41, 5.74) is 2.46. The van der Waals surface area contributed by atoms with Gasteiger partial charge in [-0.3, -0.25) is 0 Å². The molecule has 1 atom stereocenters. The van der Waals surface area contributed by atoms with Crippen LogP contribution < -0.4 is 0 Å². The van der Waals surface area contributed by atoms with E-state index in [4.69, 9.17) is 4.74 Å². The Labute approximate surface area is 110 Å². The highest BCUT2D eigenvalue weighted by atomic mass is 16.5. The largest absolute Gasteiger partial charge is 0.395 e. The molecule has 0 amide bonds. The zero-order valence-corrected chi connectivity index (χ0v) is 11.6. The predicted octanol–water partition coefficient (Wildman–Crippen LogP) is 3.10. The molecule has 1 aliphatic heterocycles. The van der Waals surface area contributed by atoms with Crippen LogP contribution in [0.1, 0.15) is 44.2 Å². The second-order valence-corrected chi connectivity index (χ2v) is 6.10. The fourth-order valence-corrected chi connectivity index (χ4v) is 2.58. The van der Waals surface area contributed by atoms with Crippen LogP contribution in [0.3, 0.4) is 0 Å². The lowest BCUT2D eigenvalue weighted by atomic mass is 9.75. The Bertz CT molecular complexity index is 379. The molecule has 0 radical (unpaired) electrons. The third-order valence-corrected chi connectivity index (χ3v) is 4.07. The molecule has 1 unspecified atom stereocenters. The number of ether oxygens (including phenoxy) is 1. The summed E-state index contributed by atoms with van der Waals surface area (Å²) in [5, 5.41) is 9.74. The molecule has 2 nitrogen and oxygen atoms in total. The van der Waals surface area contributed by atoms with Crippen molar-refractivity contribution in [1.82, 2.24) is 0 Å². The van der Waals surface area contributed by atoms with E-state index >= 15 is 0 Å². The second kappa shape index (κ2) is 5.41. The molecule has 0 aliphatic carbocycles. The van der Waals surface area contributed by atoms with Crippen molar-refractivity contribution in [3.63, 3.8) is 0 Å². The fraction of sp³-hybridized carbons (Fsp3) is 0.625. The summed E-state index contributed by atoms with van der Waals surface area (Å²) in [6.45, 7) is 8.44. The Balaban J connectivity index is 2.14. The number of benzene rings is 1. The average Bonchev–Trinajstić information content (AvgIpc) is 2.34. The summed E-state index contributed by atoms with van der Waals surface area (Å²) in [5.74, 6) is 1.16. The van der Waals surface area contributed by atoms with Crippen molar-refractivity contribution in [2.45, 2.75) is 38.5 Å². The Hall–Kier alpha value is -0.860. The van der Waals surface area contributed by atoms with Crippen LogP contribution in [0, 0.1) is 5.92 Å². The van der Waals surface area contributed by atoms with Gasteiger partial charge < -0.3 is 9.84 Å². The van der Waals surface area contributed by atoms with Gasteiger partial charge in [-0.15, -0.1) is 0 Å². The Morgan fingerprint density at radius 3 is 2.28 bits per heavy atom. The number of aliphatic hydroxyl groups is 1. The Morgan fingerprint density at radius 2 is 1.89 bits per heavy atom. The molecular weight excluding hydrogens is 224 g/mol. The molecule has 2 heteroatoms. The second-order valence-electron chi connectivity index (χ2n) is 6.10. The first-order valence-electron chi connectivity index (χ1n) is 6.84. The quantitative estimate of drug-likeness (QED) is 0.867. The van der Waals surface area contributed by atoms with Gasteiger partial charge in [0.15, 0.2) is 0 Å². The maximum Gasteiger partial charge on any atom is 0.0525 e. The summed E-state index contributed by atoms with van der Waals surface area (Å²) < 4.78 is 5.23. The van der Waals surface area contributed by atoms with E-state index in [0.29, 0.717) is 11.8 Å². The van der Waals surface area contributed by atoms with Gasteiger partial charge in [0.05, 0.1) is 19.8 Å². The first-order chi connectivity index (χ1) is 8.55. The monoisotopic (exact) mass is 248 g/mol. The molecule has 0 spiro atoms. The highest BCUT2D eigenvalue weighted by Gasteiger charge is 2.32. The molecule has 1 aliphatic rings. The SMILES string of the molecule is CC(C)c1ccc(C(C)(CO)CC2COC2)cc1. The summed E-state index contributed by atoms with van der Waals surface area (Å²) in [4.78, 5) is 0. The molecule has 1 aromatic rings. The minimum atomic E-state index is -0.135. The summed E-state index contributed by atoms with van der Waals surface area (Å²) >= 11 is 0. The van der Waals surface area contributed by atoms with E-state index in [1.165, 1.54) is 11.1 Å². The van der Waals surface area contributed by atoms with E-state index in [9.17, 15) is 5.11 Å². The van der Waals surface area contributed by atoms with Crippen LogP contribution in [0.15, 0.2) is 24.3 Å². The first kappa shape index (κ1) is 13.6. The van der Waals surface area contributed by atoms with Crippen LogP contribution >= 0.6 is 0 Å². The minimum Gasteiger partial charge on any atom is -0.395 e. The van der Waals surface area contributed by atoms with Gasteiger partial charge >= 0.3 is 0 Å². The number of hydrogen-bond donors (Lipinski definition) is 1. The van der Waals surface area contributed by atoms with Crippen LogP contribution in [0.2, 0.25) is 0 Å². The molecule has 0 bridgehead atoms. The lowest BCUT2D eigenvalue weighted by Crippen LogP contribution is -2.37. The highest BCUT2D eigenvalue weighted by molar-refractivity contribution is 5.30. The molecule has 2 rings (SSSR count). The minimum absolute atomic E-state index is 0.135. The summed E-state index contributed by atoms with van der Waals surface area (Å²) in [7, 11) is 0. The Morgan fingerprint density at radius 1 is 1.28 bits per heavy atom. The van der Waals surface area contributed by atoms with Gasteiger partial charge in [-0.05, 0) is 23.5 Å². The van der Waals surface area contributed by atoms with Crippen LogP contribution in [0.5, 0.6) is 0 Å². The molecule has 1 heterocycles. The zero-order chi connectivity index (χ0) is 13.2. The average molecular weight is 248 g/mol. The van der Waals surface area contributed by atoms with Gasteiger partial charge in [-0.2, -0.15) is 0 Å². The molecular formula is C16H24O2. The van der Waals surface area contributed by atoms with Crippen LogP contribution in [0.25, 0.3) is 0 Å². The smallest absolute Gasteiger partial charge is 0.0525 e. The molecule has 1 fully saturated rings. The van der Waals surface area contributed by atoms with Gasteiger partial charge in [0.2, 0.25) is 0 Å². The fourth-order valence-electron chi connectivity index (χ4n) is 2.58. The van der Waals surface area contributed by atoms with Gasteiger partial charge in [0, 0.05) is 11.3 Å². The molecule has 0 aromatic heterocycles. The van der Waals surface area contributed by atoms with Crippen molar-refractivity contribution in [3.8, 4) is 0 Å². The van der Waals surface area contributed by atoms with Crippen molar-refractivity contribution in [2.75, 3.05) is 19.8 Å². The van der Waals surface area contributed by atoms with Crippen molar-refractivity contribution in [2.24, 2.45) is 5.92 Å². The normalized spacial score (nSPS) is 19.6. The van der Waals surface area contributed by atoms with Gasteiger partial charge in [-0.1, -0.05) is 45.0 Å². The van der Waals surface area contributed by atoms with E-state index < -0.39 is 0 Å². The van der Waals surface area contributed by atoms with Gasteiger partial charge in [-0.25, -0.2) is 0 Å². The van der Waals surface area contributed by atoms with E-state index in [2.05, 4.69) is 45.0 Å². The molecule has 1 saturated heterocycles. The molecule has 0 saturated carbocycles. The maximum atomic E-state index is 9.74. The van der Waals surface area contributed by atoms with Crippen molar-refractivity contribution in [1.29, 1.82) is 0 Å². The number of hydrogen-bond acceptors (Lipinski definition) is 2. The lowest BCUT2D eigenvalue weighted by Gasteiger charge is -2.36. The van der Waals surface area contributed by atoms with E-state index in [0.717, 1.165) is 19.6 Å². The van der Waals surface area contributed by atoms with E-state index in [-0.39, 0.29) is 12.0 Å². The van der Waals surface area contributed by atoms with Crippen molar-refractivity contribution in [3.05, 3.63) is 35.4 Å². The first-order valence-corrected chi connectivity index (χ1v) is 6.84. The van der Waals surface area contributed by atoms with Crippen LogP contribution in [-0.2, 0) is 10.2 Å². The zero-order valence-electron chi connectivity index (χ0n) is 11.6. The van der Waals surface area contributed by atoms with Gasteiger partial charge in [0.1, 0.15) is 0 Å². The summed E-state index contributed by atoms with van der Waals surface area (Å²) in [6, 6.07) is 8.71. The Kier molecular flexibility index (Phi) is 4.08. The van der Waals surface area contributed by atoms with Crippen molar-refractivity contribution >= 4 is 0 Å². The third-order valence-electron chi connectivity index (χ3n) is 4.07. The standard InChI is InChI=1S/C16H24O2/c1-12(2)14-4-6-15(7-5-14)16(3,11-17)8-13-9-18-10-13/h4-7,12-13,17H,8-11H2,1-3H3. The predicted molar refractivity (Wildman–Crippen MR) is 73.9 cm³/mol. The van der Waals surface area contributed by atoms with E-state index in [1.807, 2.05) is 0 Å². The third kappa shape index (κ3) is 2.76.